The van der Waals surface area contributed by atoms with Crippen molar-refractivity contribution < 1.29 is 23.1 Å². The molecule has 3 rings (SSSR count). The lowest BCUT2D eigenvalue weighted by Gasteiger charge is -2.18. The number of hydrogen-bond donors (Lipinski definition) is 2. The van der Waals surface area contributed by atoms with Crippen molar-refractivity contribution in [2.75, 3.05) is 11.9 Å². The molecule has 0 saturated heterocycles. The number of rotatable bonds is 9. The molecule has 170 valence electrons. The van der Waals surface area contributed by atoms with Crippen LogP contribution in [0.3, 0.4) is 0 Å². The van der Waals surface area contributed by atoms with Crippen LogP contribution in [0.4, 0.5) is 14.7 Å². The van der Waals surface area contributed by atoms with E-state index < -0.39 is 18.4 Å². The van der Waals surface area contributed by atoms with Crippen LogP contribution in [0, 0.1) is 19.8 Å². The summed E-state index contributed by atoms with van der Waals surface area (Å²) in [7, 11) is 0. The summed E-state index contributed by atoms with van der Waals surface area (Å²) in [4.78, 5) is 32.8. The van der Waals surface area contributed by atoms with E-state index in [2.05, 4.69) is 27.2 Å². The van der Waals surface area contributed by atoms with Crippen molar-refractivity contribution >= 4 is 17.8 Å². The molecular formula is C23H26F2N4O3. The fraction of sp³-hybridized carbons (Fsp3) is 0.391. The van der Waals surface area contributed by atoms with Crippen LogP contribution in [-0.4, -0.2) is 34.3 Å². The Morgan fingerprint density at radius 3 is 2.56 bits per heavy atom. The zero-order valence-corrected chi connectivity index (χ0v) is 18.3. The van der Waals surface area contributed by atoms with E-state index in [1.54, 1.807) is 32.0 Å². The second-order valence-corrected chi connectivity index (χ2v) is 8.04. The van der Waals surface area contributed by atoms with E-state index in [0.717, 1.165) is 18.4 Å². The number of benzene rings is 1. The molecule has 0 radical (unpaired) electrons. The van der Waals surface area contributed by atoms with Gasteiger partial charge in [0.2, 0.25) is 11.9 Å². The number of anilines is 1. The van der Waals surface area contributed by atoms with Gasteiger partial charge in [0.05, 0.1) is 0 Å². The van der Waals surface area contributed by atoms with Gasteiger partial charge in [0.25, 0.3) is 5.91 Å². The summed E-state index contributed by atoms with van der Waals surface area (Å²) in [5, 5.41) is 5.40. The highest BCUT2D eigenvalue weighted by molar-refractivity contribution is 5.95. The molecule has 32 heavy (non-hydrogen) atoms. The maximum Gasteiger partial charge on any atom is 0.302 e. The number of hydrogen-bond acceptors (Lipinski definition) is 5. The number of aryl methyl sites for hydroxylation is 2. The predicted molar refractivity (Wildman–Crippen MR) is 116 cm³/mol. The van der Waals surface area contributed by atoms with Crippen molar-refractivity contribution in [1.29, 1.82) is 0 Å². The van der Waals surface area contributed by atoms with Crippen LogP contribution >= 0.6 is 0 Å². The van der Waals surface area contributed by atoms with Gasteiger partial charge in [0.15, 0.2) is 6.61 Å². The molecular weight excluding hydrogens is 418 g/mol. The van der Waals surface area contributed by atoms with Crippen molar-refractivity contribution in [3.8, 4) is 5.75 Å². The van der Waals surface area contributed by atoms with Gasteiger partial charge in [-0.25, -0.2) is 9.97 Å². The van der Waals surface area contributed by atoms with E-state index in [1.165, 1.54) is 13.0 Å². The van der Waals surface area contributed by atoms with E-state index in [1.807, 2.05) is 0 Å². The van der Waals surface area contributed by atoms with Crippen LogP contribution in [0.1, 0.15) is 47.1 Å². The molecule has 0 aliphatic heterocycles. The normalized spacial score (nSPS) is 13.4. The molecule has 9 heteroatoms. The molecule has 1 aromatic heterocycles. The Morgan fingerprint density at radius 1 is 1.22 bits per heavy atom. The van der Waals surface area contributed by atoms with E-state index >= 15 is 0 Å². The third kappa shape index (κ3) is 6.09. The van der Waals surface area contributed by atoms with Gasteiger partial charge < -0.3 is 10.1 Å². The second kappa shape index (κ2) is 9.42. The largest absolute Gasteiger partial charge is 0.487 e. The fourth-order valence-corrected chi connectivity index (χ4v) is 2.85. The highest BCUT2D eigenvalue weighted by Crippen LogP contribution is 2.30. The van der Waals surface area contributed by atoms with Crippen LogP contribution in [0.5, 0.6) is 5.75 Å². The second-order valence-electron chi connectivity index (χ2n) is 8.04. The smallest absolute Gasteiger partial charge is 0.302 e. The molecule has 2 aromatic rings. The molecule has 2 N–H and O–H groups in total. The minimum atomic E-state index is -3.11. The first-order valence-electron chi connectivity index (χ1n) is 10.3. The third-order valence-electron chi connectivity index (χ3n) is 5.00. The van der Waals surface area contributed by atoms with Crippen LogP contribution in [0.25, 0.3) is 0 Å². The first-order chi connectivity index (χ1) is 15.0. The molecule has 1 heterocycles. The molecule has 1 aromatic carbocycles. The van der Waals surface area contributed by atoms with Gasteiger partial charge in [0, 0.05) is 18.2 Å². The number of carbonyl (C=O) groups is 2. The number of alkyl halides is 2. The molecule has 1 fully saturated rings. The molecule has 1 aliphatic carbocycles. The number of amides is 2. The summed E-state index contributed by atoms with van der Waals surface area (Å²) in [6, 6.07) is 6.56. The summed E-state index contributed by atoms with van der Waals surface area (Å²) in [5.74, 6) is -3.22. The monoisotopic (exact) mass is 444 g/mol. The molecule has 0 spiro atoms. The van der Waals surface area contributed by atoms with E-state index in [4.69, 9.17) is 4.74 Å². The summed E-state index contributed by atoms with van der Waals surface area (Å²) in [5.41, 5.74) is 1.87. The van der Waals surface area contributed by atoms with Gasteiger partial charge in [-0.15, -0.1) is 0 Å². The van der Waals surface area contributed by atoms with Gasteiger partial charge in [-0.05, 0) is 62.4 Å². The lowest BCUT2D eigenvalue weighted by atomic mass is 10.1. The first-order valence-corrected chi connectivity index (χ1v) is 10.3. The van der Waals surface area contributed by atoms with Crippen molar-refractivity contribution in [3.05, 3.63) is 58.9 Å². The number of aromatic nitrogens is 2. The Hall–Kier alpha value is -3.36. The number of carbonyl (C=O) groups excluding carboxylic acids is 2. The molecule has 0 atom stereocenters. The van der Waals surface area contributed by atoms with Gasteiger partial charge in [0.1, 0.15) is 11.4 Å². The van der Waals surface area contributed by atoms with Crippen LogP contribution in [-0.2, 0) is 11.3 Å². The highest BCUT2D eigenvalue weighted by atomic mass is 19.3. The molecule has 2 amide bonds. The number of ether oxygens (including phenoxy) is 1. The molecule has 1 aliphatic rings. The Labute approximate surface area is 185 Å². The van der Waals surface area contributed by atoms with Crippen LogP contribution in [0.2, 0.25) is 0 Å². The number of nitrogens with one attached hydrogen (secondary N) is 2. The third-order valence-corrected chi connectivity index (χ3v) is 5.00. The average molecular weight is 444 g/mol. The summed E-state index contributed by atoms with van der Waals surface area (Å²) in [6.07, 6.45) is 1.70. The summed E-state index contributed by atoms with van der Waals surface area (Å²) >= 11 is 0. The van der Waals surface area contributed by atoms with Gasteiger partial charge in [-0.2, -0.15) is 8.78 Å². The van der Waals surface area contributed by atoms with Crippen molar-refractivity contribution in [3.63, 3.8) is 0 Å². The standard InChI is InChI=1S/C23H26F2N4O3/c1-13(2)23(24,25)12-32-19-8-5-16(9-14(19)3)11-26-21(31)18-10-15(4)27-22(28-18)29-20(30)17-6-7-17/h5,8-10,17H,1,6-7,11-12H2,2-4H3,(H,26,31)(H,27,28,29,30). The zero-order chi connectivity index (χ0) is 23.5. The molecule has 0 unspecified atom stereocenters. The average Bonchev–Trinajstić information content (AvgIpc) is 3.56. The fourth-order valence-electron chi connectivity index (χ4n) is 2.85. The van der Waals surface area contributed by atoms with Crippen molar-refractivity contribution in [2.45, 2.75) is 46.1 Å². The highest BCUT2D eigenvalue weighted by Gasteiger charge is 2.31. The van der Waals surface area contributed by atoms with Gasteiger partial charge in [-0.1, -0.05) is 18.7 Å². The summed E-state index contributed by atoms with van der Waals surface area (Å²) in [6.45, 7) is 7.40. The maximum absolute atomic E-state index is 13.7. The van der Waals surface area contributed by atoms with E-state index in [0.29, 0.717) is 17.0 Å². The minimum absolute atomic E-state index is 0.00129. The van der Waals surface area contributed by atoms with E-state index in [-0.39, 0.29) is 35.6 Å². The topological polar surface area (TPSA) is 93.2 Å². The first kappa shape index (κ1) is 23.3. The quantitative estimate of drug-likeness (QED) is 0.571. The van der Waals surface area contributed by atoms with Gasteiger partial charge >= 0.3 is 5.92 Å². The van der Waals surface area contributed by atoms with Crippen LogP contribution < -0.4 is 15.4 Å². The molecule has 1 saturated carbocycles. The molecule has 0 bridgehead atoms. The predicted octanol–water partition coefficient (Wildman–Crippen LogP) is 3.96. The molecule has 7 nitrogen and oxygen atoms in total. The summed E-state index contributed by atoms with van der Waals surface area (Å²) < 4.78 is 32.6. The number of nitrogens with zero attached hydrogens (tertiary/aromatic N) is 2. The minimum Gasteiger partial charge on any atom is -0.487 e. The number of halogens is 2. The van der Waals surface area contributed by atoms with E-state index in [9.17, 15) is 18.4 Å². The Bertz CT molecular complexity index is 1050. The van der Waals surface area contributed by atoms with Crippen molar-refractivity contribution in [1.82, 2.24) is 15.3 Å². The SMILES string of the molecule is C=C(C)C(F)(F)COc1ccc(CNC(=O)c2cc(C)nc(NC(=O)C3CC3)n2)cc1C. The zero-order valence-electron chi connectivity index (χ0n) is 18.3. The van der Waals surface area contributed by atoms with Crippen molar-refractivity contribution in [2.24, 2.45) is 5.92 Å². The van der Waals surface area contributed by atoms with Crippen LogP contribution in [0.15, 0.2) is 36.4 Å². The Morgan fingerprint density at radius 2 is 1.94 bits per heavy atom. The maximum atomic E-state index is 13.7. The van der Waals surface area contributed by atoms with Gasteiger partial charge in [-0.3, -0.25) is 14.9 Å². The Balaban J connectivity index is 1.59. The lowest BCUT2D eigenvalue weighted by molar-refractivity contribution is -0.117. The Kier molecular flexibility index (Phi) is 6.86. The lowest BCUT2D eigenvalue weighted by Crippen LogP contribution is -2.27.